The van der Waals surface area contributed by atoms with E-state index in [1.807, 2.05) is 30.3 Å². The van der Waals surface area contributed by atoms with E-state index in [2.05, 4.69) is 0 Å². The number of benzene rings is 1. The number of carbonyl (C=O) groups excluding carboxylic acids is 3. The zero-order chi connectivity index (χ0) is 18.1. The van der Waals surface area contributed by atoms with Gasteiger partial charge in [-0.1, -0.05) is 30.3 Å². The minimum Gasteiger partial charge on any atom is -0.488 e. The largest absolute Gasteiger partial charge is 0.488 e. The second kappa shape index (κ2) is 6.94. The van der Waals surface area contributed by atoms with Gasteiger partial charge in [0.25, 0.3) is 11.8 Å². The summed E-state index contributed by atoms with van der Waals surface area (Å²) in [5.74, 6) is -0.818. The van der Waals surface area contributed by atoms with Gasteiger partial charge in [-0.25, -0.2) is 0 Å². The first kappa shape index (κ1) is 16.8. The molecule has 4 rings (SSSR count). The molecule has 0 bridgehead atoms. The Balaban J connectivity index is 1.57. The molecular formula is C20H22N2O4. The number of allylic oxidation sites excluding steroid dienone is 1. The molecule has 0 unspecified atom stereocenters. The summed E-state index contributed by atoms with van der Waals surface area (Å²) in [7, 11) is 0. The minimum atomic E-state index is -0.695. The number of fused-ring (bicyclic) bond motifs is 1. The second-order valence-electron chi connectivity index (χ2n) is 7.00. The van der Waals surface area contributed by atoms with E-state index in [4.69, 9.17) is 4.74 Å². The minimum absolute atomic E-state index is 0.167. The van der Waals surface area contributed by atoms with Crippen molar-refractivity contribution >= 4 is 17.7 Å². The summed E-state index contributed by atoms with van der Waals surface area (Å²) in [5, 5.41) is 0. The van der Waals surface area contributed by atoms with Gasteiger partial charge in [0, 0.05) is 6.54 Å². The number of rotatable bonds is 3. The third-order valence-corrected chi connectivity index (χ3v) is 5.32. The quantitative estimate of drug-likeness (QED) is 0.777. The van der Waals surface area contributed by atoms with Gasteiger partial charge in [-0.2, -0.15) is 0 Å². The molecule has 26 heavy (non-hydrogen) atoms. The number of nitrogens with zero attached hydrogens (tertiary/aromatic N) is 2. The van der Waals surface area contributed by atoms with Crippen LogP contribution in [0.1, 0.15) is 31.2 Å². The van der Waals surface area contributed by atoms with Gasteiger partial charge in [0.2, 0.25) is 5.91 Å². The summed E-state index contributed by atoms with van der Waals surface area (Å²) < 4.78 is 5.49. The fraction of sp³-hybridized carbons (Fsp3) is 0.450. The maximum absolute atomic E-state index is 13.0. The molecule has 2 fully saturated rings. The van der Waals surface area contributed by atoms with Gasteiger partial charge in [-0.05, 0) is 37.3 Å². The lowest BCUT2D eigenvalue weighted by atomic mass is 9.91. The van der Waals surface area contributed by atoms with Crippen molar-refractivity contribution in [1.82, 2.24) is 9.80 Å². The number of imide groups is 1. The average Bonchev–Trinajstić information content (AvgIpc) is 2.94. The van der Waals surface area contributed by atoms with E-state index in [0.717, 1.165) is 24.8 Å². The maximum Gasteiger partial charge on any atom is 0.289 e. The van der Waals surface area contributed by atoms with Crippen LogP contribution in [0.5, 0.6) is 0 Å². The zero-order valence-corrected chi connectivity index (χ0v) is 14.6. The standard InChI is InChI=1S/C20H22N2O4/c23-18-15-9-6-11-21(19(24)16-10-4-5-12-26-16)17(15)20(25)22(18)13-14-7-2-1-3-8-14/h1-3,7-8,10,15,17H,4-6,9,11-13H2/t15-,17+/m1/s1. The van der Waals surface area contributed by atoms with Crippen molar-refractivity contribution in [3.05, 3.63) is 47.7 Å². The summed E-state index contributed by atoms with van der Waals surface area (Å²) in [6, 6.07) is 8.76. The van der Waals surface area contributed by atoms with E-state index in [9.17, 15) is 14.4 Å². The van der Waals surface area contributed by atoms with Gasteiger partial charge in [-0.3, -0.25) is 19.3 Å². The van der Waals surface area contributed by atoms with Gasteiger partial charge >= 0.3 is 0 Å². The van der Waals surface area contributed by atoms with Crippen molar-refractivity contribution in [2.24, 2.45) is 5.92 Å². The Hall–Kier alpha value is -2.63. The molecule has 0 aliphatic carbocycles. The molecule has 3 aliphatic heterocycles. The molecule has 3 aliphatic rings. The van der Waals surface area contributed by atoms with Crippen LogP contribution in [0, 0.1) is 5.92 Å². The predicted octanol–water partition coefficient (Wildman–Crippen LogP) is 1.86. The number of hydrogen-bond acceptors (Lipinski definition) is 4. The first-order valence-corrected chi connectivity index (χ1v) is 9.20. The molecule has 0 N–H and O–H groups in total. The molecule has 6 nitrogen and oxygen atoms in total. The first-order chi connectivity index (χ1) is 12.7. The van der Waals surface area contributed by atoms with Gasteiger partial charge < -0.3 is 9.64 Å². The number of hydrogen-bond donors (Lipinski definition) is 0. The molecule has 1 aromatic carbocycles. The van der Waals surface area contributed by atoms with E-state index in [0.29, 0.717) is 25.3 Å². The van der Waals surface area contributed by atoms with Crippen molar-refractivity contribution < 1.29 is 19.1 Å². The summed E-state index contributed by atoms with van der Waals surface area (Å²) in [6.07, 6.45) is 4.85. The summed E-state index contributed by atoms with van der Waals surface area (Å²) in [6.45, 7) is 1.26. The molecule has 2 saturated heterocycles. The lowest BCUT2D eigenvalue weighted by Gasteiger charge is -2.35. The molecule has 1 aromatic rings. The van der Waals surface area contributed by atoms with Crippen LogP contribution in [0.2, 0.25) is 0 Å². The number of carbonyl (C=O) groups is 3. The van der Waals surface area contributed by atoms with Crippen molar-refractivity contribution in [3.8, 4) is 0 Å². The molecule has 136 valence electrons. The normalized spacial score (nSPS) is 25.6. The van der Waals surface area contributed by atoms with Gasteiger partial charge in [0.15, 0.2) is 5.76 Å². The highest BCUT2D eigenvalue weighted by molar-refractivity contribution is 6.09. The van der Waals surface area contributed by atoms with Crippen molar-refractivity contribution in [1.29, 1.82) is 0 Å². The van der Waals surface area contributed by atoms with Crippen LogP contribution in [0.4, 0.5) is 0 Å². The predicted molar refractivity (Wildman–Crippen MR) is 93.5 cm³/mol. The van der Waals surface area contributed by atoms with Crippen LogP contribution in [-0.2, 0) is 25.7 Å². The Morgan fingerprint density at radius 2 is 1.92 bits per heavy atom. The first-order valence-electron chi connectivity index (χ1n) is 9.20. The Labute approximate surface area is 152 Å². The number of piperidine rings is 1. The Morgan fingerprint density at radius 1 is 1.12 bits per heavy atom. The SMILES string of the molecule is O=C1[C@@H]2[C@@H](CCCN2C(=O)C2=CCCCO2)C(=O)N1Cc1ccccc1. The Bertz CT molecular complexity index is 758. The molecule has 3 heterocycles. The summed E-state index contributed by atoms with van der Waals surface area (Å²) in [4.78, 5) is 41.6. The summed E-state index contributed by atoms with van der Waals surface area (Å²) in [5.41, 5.74) is 0.907. The van der Waals surface area contributed by atoms with E-state index in [-0.39, 0.29) is 24.3 Å². The number of ether oxygens (including phenoxy) is 1. The van der Waals surface area contributed by atoms with E-state index in [1.165, 1.54) is 4.90 Å². The molecule has 0 saturated carbocycles. The van der Waals surface area contributed by atoms with Crippen LogP contribution in [0.15, 0.2) is 42.2 Å². The third kappa shape index (κ3) is 2.89. The van der Waals surface area contributed by atoms with Crippen LogP contribution in [-0.4, -0.2) is 46.7 Å². The zero-order valence-electron chi connectivity index (χ0n) is 14.6. The molecule has 2 atom stereocenters. The van der Waals surface area contributed by atoms with Gasteiger partial charge in [0.1, 0.15) is 6.04 Å². The fourth-order valence-corrected chi connectivity index (χ4v) is 4.03. The molecule has 0 spiro atoms. The smallest absolute Gasteiger partial charge is 0.289 e. The maximum atomic E-state index is 13.0. The monoisotopic (exact) mass is 354 g/mol. The number of amides is 3. The Kier molecular flexibility index (Phi) is 4.49. The van der Waals surface area contributed by atoms with E-state index < -0.39 is 12.0 Å². The van der Waals surface area contributed by atoms with Crippen molar-refractivity contribution in [3.63, 3.8) is 0 Å². The van der Waals surface area contributed by atoms with E-state index in [1.54, 1.807) is 11.0 Å². The van der Waals surface area contributed by atoms with Crippen LogP contribution in [0.25, 0.3) is 0 Å². The Morgan fingerprint density at radius 3 is 2.65 bits per heavy atom. The lowest BCUT2D eigenvalue weighted by molar-refractivity contribution is -0.145. The molecule has 3 amide bonds. The average molecular weight is 354 g/mol. The fourth-order valence-electron chi connectivity index (χ4n) is 4.03. The molecule has 6 heteroatoms. The highest BCUT2D eigenvalue weighted by Crippen LogP contribution is 2.34. The lowest BCUT2D eigenvalue weighted by Crippen LogP contribution is -2.51. The van der Waals surface area contributed by atoms with Crippen LogP contribution >= 0.6 is 0 Å². The molecule has 0 radical (unpaired) electrons. The second-order valence-corrected chi connectivity index (χ2v) is 7.00. The van der Waals surface area contributed by atoms with Crippen LogP contribution < -0.4 is 0 Å². The van der Waals surface area contributed by atoms with Crippen LogP contribution in [0.3, 0.4) is 0 Å². The van der Waals surface area contributed by atoms with Crippen molar-refractivity contribution in [2.75, 3.05) is 13.2 Å². The highest BCUT2D eigenvalue weighted by atomic mass is 16.5. The van der Waals surface area contributed by atoms with Crippen molar-refractivity contribution in [2.45, 2.75) is 38.3 Å². The van der Waals surface area contributed by atoms with Gasteiger partial charge in [0.05, 0.1) is 19.1 Å². The summed E-state index contributed by atoms with van der Waals surface area (Å²) >= 11 is 0. The molecular weight excluding hydrogens is 332 g/mol. The highest BCUT2D eigenvalue weighted by Gasteiger charge is 2.53. The molecule has 0 aromatic heterocycles. The topological polar surface area (TPSA) is 66.9 Å². The van der Waals surface area contributed by atoms with E-state index >= 15 is 0 Å². The third-order valence-electron chi connectivity index (χ3n) is 5.32. The van der Waals surface area contributed by atoms with Gasteiger partial charge in [-0.15, -0.1) is 0 Å². The number of likely N-dealkylation sites (tertiary alicyclic amines) is 2.